The van der Waals surface area contributed by atoms with Gasteiger partial charge in [0.15, 0.2) is 11.6 Å². The molecule has 0 aliphatic heterocycles. The van der Waals surface area contributed by atoms with Crippen LogP contribution in [0.5, 0.6) is 0 Å². The van der Waals surface area contributed by atoms with E-state index in [1.54, 1.807) is 11.6 Å². The highest BCUT2D eigenvalue weighted by atomic mass is 19.2. The number of hydrogen-bond acceptors (Lipinski definition) is 0. The maximum absolute atomic E-state index is 13.0. The second kappa shape index (κ2) is 6.67. The van der Waals surface area contributed by atoms with Crippen LogP contribution in [0.2, 0.25) is 0 Å². The molecule has 0 saturated carbocycles. The fourth-order valence-corrected chi connectivity index (χ4v) is 2.51. The molecule has 1 aliphatic carbocycles. The molecule has 0 aromatic heterocycles. The van der Waals surface area contributed by atoms with Gasteiger partial charge in [-0.1, -0.05) is 17.7 Å². The summed E-state index contributed by atoms with van der Waals surface area (Å²) in [6.45, 7) is 0. The Kier molecular flexibility index (Phi) is 4.91. The summed E-state index contributed by atoms with van der Waals surface area (Å²) in [6, 6.07) is 4.21. The van der Waals surface area contributed by atoms with Crippen molar-refractivity contribution in [1.82, 2.24) is 0 Å². The maximum atomic E-state index is 13.0. The summed E-state index contributed by atoms with van der Waals surface area (Å²) < 4.78 is 25.7. The third-order valence-corrected chi connectivity index (χ3v) is 3.58. The first kappa shape index (κ1) is 13.3. The standard InChI is InChI=1S/C16H20F2/c17-15-11-10-14(12-16(15)18)9-5-4-8-13-6-2-1-3-7-13/h6,10-12H,1-5,7-9H2. The summed E-state index contributed by atoms with van der Waals surface area (Å²) in [6.07, 6.45) is 11.7. The molecule has 0 amide bonds. The van der Waals surface area contributed by atoms with Crippen LogP contribution < -0.4 is 0 Å². The Morgan fingerprint density at radius 3 is 2.50 bits per heavy atom. The van der Waals surface area contributed by atoms with Gasteiger partial charge in [0.25, 0.3) is 0 Å². The van der Waals surface area contributed by atoms with E-state index in [1.165, 1.54) is 44.2 Å². The first-order chi connectivity index (χ1) is 8.75. The minimum absolute atomic E-state index is 0.734. The smallest absolute Gasteiger partial charge is 0.159 e. The van der Waals surface area contributed by atoms with Crippen LogP contribution >= 0.6 is 0 Å². The number of unbranched alkanes of at least 4 members (excludes halogenated alkanes) is 1. The largest absolute Gasteiger partial charge is 0.204 e. The van der Waals surface area contributed by atoms with E-state index in [-0.39, 0.29) is 0 Å². The Morgan fingerprint density at radius 2 is 1.78 bits per heavy atom. The Balaban J connectivity index is 1.71. The van der Waals surface area contributed by atoms with Crippen molar-refractivity contribution in [3.05, 3.63) is 47.0 Å². The van der Waals surface area contributed by atoms with Crippen molar-refractivity contribution < 1.29 is 8.78 Å². The number of halogens is 2. The quantitative estimate of drug-likeness (QED) is 0.499. The summed E-state index contributed by atoms with van der Waals surface area (Å²) in [7, 11) is 0. The first-order valence-corrected chi connectivity index (χ1v) is 6.87. The highest BCUT2D eigenvalue weighted by molar-refractivity contribution is 5.17. The van der Waals surface area contributed by atoms with E-state index >= 15 is 0 Å². The van der Waals surface area contributed by atoms with E-state index in [1.807, 2.05) is 0 Å². The highest BCUT2D eigenvalue weighted by Crippen LogP contribution is 2.22. The molecule has 2 heteroatoms. The van der Waals surface area contributed by atoms with E-state index in [9.17, 15) is 8.78 Å². The molecule has 18 heavy (non-hydrogen) atoms. The van der Waals surface area contributed by atoms with Gasteiger partial charge in [-0.3, -0.25) is 0 Å². The minimum atomic E-state index is -0.758. The number of hydrogen-bond donors (Lipinski definition) is 0. The van der Waals surface area contributed by atoms with E-state index in [0.29, 0.717) is 0 Å². The first-order valence-electron chi connectivity index (χ1n) is 6.87. The maximum Gasteiger partial charge on any atom is 0.159 e. The predicted molar refractivity (Wildman–Crippen MR) is 70.5 cm³/mol. The van der Waals surface area contributed by atoms with Gasteiger partial charge in [-0.05, 0) is 69.1 Å². The normalized spacial score (nSPS) is 15.6. The van der Waals surface area contributed by atoms with Crippen molar-refractivity contribution in [3.8, 4) is 0 Å². The Bertz CT molecular complexity index is 421. The number of rotatable bonds is 5. The zero-order valence-corrected chi connectivity index (χ0v) is 10.7. The van der Waals surface area contributed by atoms with Gasteiger partial charge < -0.3 is 0 Å². The number of aryl methyl sites for hydroxylation is 1. The molecular formula is C16H20F2. The van der Waals surface area contributed by atoms with Crippen LogP contribution in [0.25, 0.3) is 0 Å². The molecule has 0 heterocycles. The molecule has 0 spiro atoms. The Labute approximate surface area is 108 Å². The minimum Gasteiger partial charge on any atom is -0.204 e. The van der Waals surface area contributed by atoms with Gasteiger partial charge in [-0.25, -0.2) is 8.78 Å². The van der Waals surface area contributed by atoms with E-state index in [4.69, 9.17) is 0 Å². The second-order valence-corrected chi connectivity index (χ2v) is 5.06. The molecule has 1 aromatic rings. The number of benzene rings is 1. The Morgan fingerprint density at radius 1 is 0.944 bits per heavy atom. The van der Waals surface area contributed by atoms with E-state index < -0.39 is 11.6 Å². The summed E-state index contributed by atoms with van der Waals surface area (Å²) in [5, 5.41) is 0. The molecule has 0 N–H and O–H groups in total. The molecule has 0 saturated heterocycles. The second-order valence-electron chi connectivity index (χ2n) is 5.06. The van der Waals surface area contributed by atoms with Gasteiger partial charge in [0.2, 0.25) is 0 Å². The molecule has 0 nitrogen and oxygen atoms in total. The molecule has 1 aromatic carbocycles. The van der Waals surface area contributed by atoms with Crippen LogP contribution in [0.4, 0.5) is 8.78 Å². The van der Waals surface area contributed by atoms with Crippen LogP contribution in [0.1, 0.15) is 50.5 Å². The molecule has 1 aliphatic rings. The van der Waals surface area contributed by atoms with E-state index in [2.05, 4.69) is 6.08 Å². The SMILES string of the molecule is Fc1ccc(CCCCC2=CCCCC2)cc1F. The zero-order valence-electron chi connectivity index (χ0n) is 10.7. The van der Waals surface area contributed by atoms with Gasteiger partial charge in [-0.2, -0.15) is 0 Å². The number of allylic oxidation sites excluding steroid dienone is 2. The summed E-state index contributed by atoms with van der Waals surface area (Å²) in [5.74, 6) is -1.49. The summed E-state index contributed by atoms with van der Waals surface area (Å²) in [5.41, 5.74) is 2.48. The van der Waals surface area contributed by atoms with Gasteiger partial charge >= 0.3 is 0 Å². The molecule has 0 radical (unpaired) electrons. The lowest BCUT2D eigenvalue weighted by Gasteiger charge is -2.12. The summed E-state index contributed by atoms with van der Waals surface area (Å²) in [4.78, 5) is 0. The van der Waals surface area contributed by atoms with Crippen LogP contribution in [0.3, 0.4) is 0 Å². The van der Waals surface area contributed by atoms with Gasteiger partial charge in [0.1, 0.15) is 0 Å². The van der Waals surface area contributed by atoms with E-state index in [0.717, 1.165) is 24.8 Å². The van der Waals surface area contributed by atoms with Crippen LogP contribution in [0, 0.1) is 11.6 Å². The van der Waals surface area contributed by atoms with Gasteiger partial charge in [0, 0.05) is 0 Å². The van der Waals surface area contributed by atoms with Crippen molar-refractivity contribution in [1.29, 1.82) is 0 Å². The molecular weight excluding hydrogens is 230 g/mol. The topological polar surface area (TPSA) is 0 Å². The molecule has 0 atom stereocenters. The lowest BCUT2D eigenvalue weighted by atomic mass is 9.95. The molecule has 0 unspecified atom stereocenters. The lowest BCUT2D eigenvalue weighted by molar-refractivity contribution is 0.506. The fourth-order valence-electron chi connectivity index (χ4n) is 2.51. The third-order valence-electron chi connectivity index (χ3n) is 3.58. The Hall–Kier alpha value is -1.18. The zero-order chi connectivity index (χ0) is 12.8. The molecule has 0 fully saturated rings. The van der Waals surface area contributed by atoms with Gasteiger partial charge in [0.05, 0.1) is 0 Å². The highest BCUT2D eigenvalue weighted by Gasteiger charge is 2.04. The van der Waals surface area contributed by atoms with Crippen molar-refractivity contribution >= 4 is 0 Å². The van der Waals surface area contributed by atoms with Crippen molar-refractivity contribution in [2.45, 2.75) is 51.4 Å². The third kappa shape index (κ3) is 3.94. The van der Waals surface area contributed by atoms with Crippen LogP contribution in [-0.2, 0) is 6.42 Å². The van der Waals surface area contributed by atoms with Crippen molar-refractivity contribution in [2.75, 3.05) is 0 Å². The van der Waals surface area contributed by atoms with Crippen LogP contribution in [-0.4, -0.2) is 0 Å². The van der Waals surface area contributed by atoms with Gasteiger partial charge in [-0.15, -0.1) is 0 Å². The average Bonchev–Trinajstić information content (AvgIpc) is 2.40. The molecule has 2 rings (SSSR count). The van der Waals surface area contributed by atoms with Crippen molar-refractivity contribution in [3.63, 3.8) is 0 Å². The predicted octanol–water partition coefficient (Wildman–Crippen LogP) is 5.18. The fraction of sp³-hybridized carbons (Fsp3) is 0.500. The lowest BCUT2D eigenvalue weighted by Crippen LogP contribution is -1.94. The molecule has 0 bridgehead atoms. The summed E-state index contributed by atoms with van der Waals surface area (Å²) >= 11 is 0. The molecule has 98 valence electrons. The average molecular weight is 250 g/mol. The van der Waals surface area contributed by atoms with Crippen LogP contribution in [0.15, 0.2) is 29.8 Å². The van der Waals surface area contributed by atoms with Crippen molar-refractivity contribution in [2.24, 2.45) is 0 Å². The monoisotopic (exact) mass is 250 g/mol.